The van der Waals surface area contributed by atoms with Crippen LogP contribution >= 0.6 is 0 Å². The summed E-state index contributed by atoms with van der Waals surface area (Å²) in [6.45, 7) is 6.67. The van der Waals surface area contributed by atoms with Crippen LogP contribution in [-0.4, -0.2) is 25.4 Å². The molecule has 7 heteroatoms. The lowest BCUT2D eigenvalue weighted by atomic mass is 9.94. The third-order valence-electron chi connectivity index (χ3n) is 4.83. The highest BCUT2D eigenvalue weighted by Gasteiger charge is 2.33. The minimum absolute atomic E-state index is 0.0925. The first-order chi connectivity index (χ1) is 12.7. The average molecular weight is 350 g/mol. The maximum absolute atomic E-state index is 5.75. The lowest BCUT2D eigenvalue weighted by Crippen LogP contribution is -2.36. The molecule has 0 bridgehead atoms. The van der Waals surface area contributed by atoms with Gasteiger partial charge in [0.2, 0.25) is 17.7 Å². The molecule has 1 atom stereocenters. The molecule has 0 saturated carbocycles. The van der Waals surface area contributed by atoms with Gasteiger partial charge in [0, 0.05) is 19.9 Å². The van der Waals surface area contributed by atoms with Crippen molar-refractivity contribution in [2.45, 2.75) is 52.6 Å². The summed E-state index contributed by atoms with van der Waals surface area (Å²) in [5.41, 5.74) is 4.51. The topological polar surface area (TPSA) is 80.8 Å². The van der Waals surface area contributed by atoms with Gasteiger partial charge in [-0.15, -0.1) is 15.3 Å². The van der Waals surface area contributed by atoms with Gasteiger partial charge in [-0.05, 0) is 24.0 Å². The first kappa shape index (κ1) is 16.6. The first-order valence-electron chi connectivity index (χ1n) is 9.05. The molecule has 4 rings (SSSR count). The lowest BCUT2D eigenvalue weighted by molar-refractivity contribution is 0.400. The summed E-state index contributed by atoms with van der Waals surface area (Å²) in [5.74, 6) is 1.78. The fraction of sp³-hybridized carbons (Fsp3) is 0.421. The number of hydrogen-bond donors (Lipinski definition) is 0. The van der Waals surface area contributed by atoms with E-state index in [4.69, 9.17) is 9.40 Å². The number of aromatic nitrogens is 5. The van der Waals surface area contributed by atoms with E-state index in [1.54, 1.807) is 6.92 Å². The van der Waals surface area contributed by atoms with Gasteiger partial charge in [0.1, 0.15) is 6.04 Å². The Labute approximate surface area is 152 Å². The number of benzene rings is 1. The fourth-order valence-corrected chi connectivity index (χ4v) is 3.45. The van der Waals surface area contributed by atoms with Crippen molar-refractivity contribution in [2.24, 2.45) is 0 Å². The molecule has 0 N–H and O–H groups in total. The molecule has 0 radical (unpaired) electrons. The molecular formula is C19H22N6O. The molecule has 1 aliphatic heterocycles. The minimum atomic E-state index is -0.0925. The van der Waals surface area contributed by atoms with Gasteiger partial charge < -0.3 is 9.32 Å². The summed E-state index contributed by atoms with van der Waals surface area (Å²) < 4.78 is 5.75. The van der Waals surface area contributed by atoms with Crippen molar-refractivity contribution in [1.82, 2.24) is 25.4 Å². The van der Waals surface area contributed by atoms with Crippen LogP contribution in [0.4, 0.5) is 5.95 Å². The monoisotopic (exact) mass is 350 g/mol. The van der Waals surface area contributed by atoms with Gasteiger partial charge in [-0.2, -0.15) is 5.10 Å². The standard InChI is InChI=1S/C19H22N6O/c1-4-15-16(5-2)22-24-19(20-15)25-11-14-9-7-6-8-13(14)10-17(25)18-23-21-12(3)26-18/h6-9,17H,4-5,10-11H2,1-3H3. The van der Waals surface area contributed by atoms with Crippen molar-refractivity contribution in [3.05, 3.63) is 58.6 Å². The van der Waals surface area contributed by atoms with Crippen molar-refractivity contribution in [2.75, 3.05) is 4.90 Å². The van der Waals surface area contributed by atoms with Gasteiger partial charge in [-0.1, -0.05) is 38.1 Å². The molecule has 1 unspecified atom stereocenters. The zero-order chi connectivity index (χ0) is 18.1. The normalized spacial score (nSPS) is 16.6. The zero-order valence-electron chi connectivity index (χ0n) is 15.3. The first-order valence-corrected chi connectivity index (χ1v) is 9.05. The van der Waals surface area contributed by atoms with Crippen LogP contribution in [-0.2, 0) is 25.8 Å². The molecule has 0 saturated heterocycles. The summed E-state index contributed by atoms with van der Waals surface area (Å²) >= 11 is 0. The van der Waals surface area contributed by atoms with E-state index < -0.39 is 0 Å². The zero-order valence-corrected chi connectivity index (χ0v) is 15.3. The maximum Gasteiger partial charge on any atom is 0.246 e. The Morgan fingerprint density at radius 1 is 1.00 bits per heavy atom. The number of anilines is 1. The van der Waals surface area contributed by atoms with Crippen LogP contribution in [0.2, 0.25) is 0 Å². The Morgan fingerprint density at radius 3 is 2.46 bits per heavy atom. The number of fused-ring (bicyclic) bond motifs is 1. The molecular weight excluding hydrogens is 328 g/mol. The van der Waals surface area contributed by atoms with Crippen LogP contribution in [0.3, 0.4) is 0 Å². The predicted molar refractivity (Wildman–Crippen MR) is 96.7 cm³/mol. The van der Waals surface area contributed by atoms with Crippen molar-refractivity contribution in [3.8, 4) is 0 Å². The Bertz CT molecular complexity index is 922. The third-order valence-corrected chi connectivity index (χ3v) is 4.83. The second-order valence-electron chi connectivity index (χ2n) is 6.49. The van der Waals surface area contributed by atoms with Gasteiger partial charge in [-0.25, -0.2) is 4.98 Å². The van der Waals surface area contributed by atoms with Gasteiger partial charge in [0.15, 0.2) is 0 Å². The quantitative estimate of drug-likeness (QED) is 0.715. The Hall–Kier alpha value is -2.83. The minimum Gasteiger partial charge on any atom is -0.423 e. The summed E-state index contributed by atoms with van der Waals surface area (Å²) in [6, 6.07) is 8.33. The van der Waals surface area contributed by atoms with E-state index in [1.807, 2.05) is 0 Å². The molecule has 26 heavy (non-hydrogen) atoms. The van der Waals surface area contributed by atoms with Crippen molar-refractivity contribution in [1.29, 1.82) is 0 Å². The largest absolute Gasteiger partial charge is 0.423 e. The summed E-state index contributed by atoms with van der Waals surface area (Å²) in [5, 5.41) is 17.1. The molecule has 0 aliphatic carbocycles. The molecule has 134 valence electrons. The van der Waals surface area contributed by atoms with E-state index in [1.165, 1.54) is 11.1 Å². The van der Waals surface area contributed by atoms with Crippen molar-refractivity contribution in [3.63, 3.8) is 0 Å². The van der Waals surface area contributed by atoms with Crippen LogP contribution in [0, 0.1) is 6.92 Å². The van der Waals surface area contributed by atoms with E-state index in [9.17, 15) is 0 Å². The summed E-state index contributed by atoms with van der Waals surface area (Å²) in [6.07, 6.45) is 2.44. The average Bonchev–Trinajstić information content (AvgIpc) is 3.12. The second kappa shape index (κ2) is 6.82. The van der Waals surface area contributed by atoms with E-state index in [0.29, 0.717) is 24.3 Å². The fourth-order valence-electron chi connectivity index (χ4n) is 3.45. The molecule has 0 spiro atoms. The van der Waals surface area contributed by atoms with Crippen LogP contribution in [0.1, 0.15) is 54.2 Å². The highest BCUT2D eigenvalue weighted by Crippen LogP contribution is 2.34. The smallest absolute Gasteiger partial charge is 0.246 e. The number of rotatable bonds is 4. The molecule has 2 aromatic heterocycles. The Kier molecular flexibility index (Phi) is 4.36. The van der Waals surface area contributed by atoms with Gasteiger partial charge in [-0.3, -0.25) is 0 Å². The second-order valence-corrected chi connectivity index (χ2v) is 6.49. The van der Waals surface area contributed by atoms with Gasteiger partial charge in [0.05, 0.1) is 11.4 Å². The van der Waals surface area contributed by atoms with Crippen LogP contribution < -0.4 is 4.90 Å². The molecule has 0 amide bonds. The summed E-state index contributed by atoms with van der Waals surface area (Å²) in [4.78, 5) is 6.93. The van der Waals surface area contributed by atoms with E-state index in [-0.39, 0.29) is 6.04 Å². The van der Waals surface area contributed by atoms with E-state index >= 15 is 0 Å². The number of hydrogen-bond acceptors (Lipinski definition) is 7. The molecule has 0 fully saturated rings. The molecule has 1 aromatic carbocycles. The van der Waals surface area contributed by atoms with Crippen LogP contribution in [0.5, 0.6) is 0 Å². The number of aryl methyl sites for hydroxylation is 3. The highest BCUT2D eigenvalue weighted by molar-refractivity contribution is 5.43. The van der Waals surface area contributed by atoms with E-state index in [0.717, 1.165) is 30.7 Å². The molecule has 3 heterocycles. The summed E-state index contributed by atoms with van der Waals surface area (Å²) in [7, 11) is 0. The Morgan fingerprint density at radius 2 is 1.77 bits per heavy atom. The molecule has 7 nitrogen and oxygen atoms in total. The molecule has 3 aromatic rings. The van der Waals surface area contributed by atoms with E-state index in [2.05, 4.69) is 63.4 Å². The SMILES string of the molecule is CCc1nnc(N2Cc3ccccc3CC2c2nnc(C)o2)nc1CC. The van der Waals surface area contributed by atoms with Gasteiger partial charge >= 0.3 is 0 Å². The third kappa shape index (κ3) is 2.94. The van der Waals surface area contributed by atoms with Crippen LogP contribution in [0.25, 0.3) is 0 Å². The van der Waals surface area contributed by atoms with Crippen LogP contribution in [0.15, 0.2) is 28.7 Å². The van der Waals surface area contributed by atoms with Crippen molar-refractivity contribution < 1.29 is 4.42 Å². The van der Waals surface area contributed by atoms with Gasteiger partial charge in [0.25, 0.3) is 0 Å². The maximum atomic E-state index is 5.75. The molecule has 1 aliphatic rings. The predicted octanol–water partition coefficient (Wildman–Crippen LogP) is 2.99. The lowest BCUT2D eigenvalue weighted by Gasteiger charge is -2.34. The van der Waals surface area contributed by atoms with Crippen molar-refractivity contribution >= 4 is 5.95 Å². The highest BCUT2D eigenvalue weighted by atomic mass is 16.4. The number of nitrogens with zero attached hydrogens (tertiary/aromatic N) is 6. The Balaban J connectivity index is 1.78.